The predicted molar refractivity (Wildman–Crippen MR) is 84.3 cm³/mol. The van der Waals surface area contributed by atoms with Gasteiger partial charge >= 0.3 is 0 Å². The van der Waals surface area contributed by atoms with E-state index >= 15 is 0 Å². The molecule has 1 aromatic rings. The van der Waals surface area contributed by atoms with E-state index in [2.05, 4.69) is 15.2 Å². The number of pyridine rings is 1. The van der Waals surface area contributed by atoms with E-state index in [-0.39, 0.29) is 6.04 Å². The summed E-state index contributed by atoms with van der Waals surface area (Å²) in [6, 6.07) is 4.69. The fourth-order valence-electron chi connectivity index (χ4n) is 3.35. The molecule has 5 nitrogen and oxygen atoms in total. The normalized spacial score (nSPS) is 26.7. The van der Waals surface area contributed by atoms with Gasteiger partial charge in [0, 0.05) is 43.3 Å². The van der Waals surface area contributed by atoms with Crippen LogP contribution in [0.1, 0.15) is 25.7 Å². The van der Waals surface area contributed by atoms with Crippen LogP contribution in [-0.4, -0.2) is 50.1 Å². The van der Waals surface area contributed by atoms with Crippen LogP contribution in [0.3, 0.4) is 0 Å². The van der Waals surface area contributed by atoms with Crippen LogP contribution in [0.4, 0.5) is 5.69 Å². The van der Waals surface area contributed by atoms with E-state index in [9.17, 15) is 8.42 Å². The molecule has 2 aliphatic rings. The van der Waals surface area contributed by atoms with Gasteiger partial charge in [0.2, 0.25) is 0 Å². The van der Waals surface area contributed by atoms with Crippen LogP contribution in [0.25, 0.3) is 0 Å². The Morgan fingerprint density at radius 3 is 2.48 bits per heavy atom. The Bertz CT molecular complexity index is 554. The number of rotatable bonds is 3. The molecule has 0 amide bonds. The maximum absolute atomic E-state index is 11.7. The standard InChI is InChI=1S/C15H23N3O2S/c19-21(20)11-1-2-14(12-21)17-13-5-9-18(10-6-13)15-3-7-16-8-4-15/h3-4,7-8,13-14,17H,1-2,5-6,9-12H2. The Morgan fingerprint density at radius 1 is 1.10 bits per heavy atom. The molecule has 116 valence electrons. The molecule has 2 saturated heterocycles. The third-order valence-corrected chi connectivity index (χ3v) is 6.28. The third-order valence-electron chi connectivity index (χ3n) is 4.46. The van der Waals surface area contributed by atoms with Crippen molar-refractivity contribution >= 4 is 15.5 Å². The summed E-state index contributed by atoms with van der Waals surface area (Å²) in [5, 5.41) is 3.57. The van der Waals surface area contributed by atoms with E-state index in [1.165, 1.54) is 5.69 Å². The predicted octanol–water partition coefficient (Wildman–Crippen LogP) is 1.22. The first-order valence-corrected chi connectivity index (χ1v) is 9.56. The number of sulfone groups is 1. The summed E-state index contributed by atoms with van der Waals surface area (Å²) in [4.78, 5) is 6.42. The second-order valence-corrected chi connectivity index (χ2v) is 8.32. The van der Waals surface area contributed by atoms with Crippen LogP contribution in [0, 0.1) is 0 Å². The number of nitrogens with zero attached hydrogens (tertiary/aromatic N) is 2. The van der Waals surface area contributed by atoms with Crippen molar-refractivity contribution in [3.05, 3.63) is 24.5 Å². The first-order valence-electron chi connectivity index (χ1n) is 7.74. The Kier molecular flexibility index (Phi) is 4.45. The van der Waals surface area contributed by atoms with Crippen molar-refractivity contribution in [2.75, 3.05) is 29.5 Å². The van der Waals surface area contributed by atoms with Crippen LogP contribution >= 0.6 is 0 Å². The smallest absolute Gasteiger partial charge is 0.151 e. The zero-order valence-corrected chi connectivity index (χ0v) is 13.1. The minimum absolute atomic E-state index is 0.154. The van der Waals surface area contributed by atoms with Gasteiger partial charge in [0.1, 0.15) is 0 Å². The Morgan fingerprint density at radius 2 is 1.81 bits per heavy atom. The lowest BCUT2D eigenvalue weighted by Gasteiger charge is -2.36. The fourth-order valence-corrected chi connectivity index (χ4v) is 5.00. The summed E-state index contributed by atoms with van der Waals surface area (Å²) in [6.07, 6.45) is 7.58. The molecule has 3 heterocycles. The monoisotopic (exact) mass is 309 g/mol. The molecule has 2 aliphatic heterocycles. The summed E-state index contributed by atoms with van der Waals surface area (Å²) in [7, 11) is -2.82. The van der Waals surface area contributed by atoms with Gasteiger partial charge in [-0.05, 0) is 37.8 Å². The van der Waals surface area contributed by atoms with Crippen molar-refractivity contribution in [1.82, 2.24) is 10.3 Å². The largest absolute Gasteiger partial charge is 0.371 e. The molecule has 1 aromatic heterocycles. The van der Waals surface area contributed by atoms with Crippen LogP contribution in [0.15, 0.2) is 24.5 Å². The van der Waals surface area contributed by atoms with Crippen LogP contribution < -0.4 is 10.2 Å². The minimum atomic E-state index is -2.82. The number of anilines is 1. The highest BCUT2D eigenvalue weighted by molar-refractivity contribution is 7.91. The van der Waals surface area contributed by atoms with Gasteiger partial charge in [-0.25, -0.2) is 8.42 Å². The van der Waals surface area contributed by atoms with Crippen molar-refractivity contribution in [2.24, 2.45) is 0 Å². The Hall–Kier alpha value is -1.14. The average molecular weight is 309 g/mol. The second-order valence-electron chi connectivity index (χ2n) is 6.09. The fraction of sp³-hybridized carbons (Fsp3) is 0.667. The molecule has 1 atom stereocenters. The minimum Gasteiger partial charge on any atom is -0.371 e. The molecule has 2 fully saturated rings. The van der Waals surface area contributed by atoms with Crippen LogP contribution in [0.5, 0.6) is 0 Å². The summed E-state index contributed by atoms with van der Waals surface area (Å²) < 4.78 is 23.4. The van der Waals surface area contributed by atoms with Crippen LogP contribution in [0.2, 0.25) is 0 Å². The molecule has 1 N–H and O–H groups in total. The van der Waals surface area contributed by atoms with Crippen molar-refractivity contribution < 1.29 is 8.42 Å². The van der Waals surface area contributed by atoms with Gasteiger partial charge in [-0.3, -0.25) is 4.98 Å². The third kappa shape index (κ3) is 3.95. The number of piperidine rings is 1. The van der Waals surface area contributed by atoms with E-state index < -0.39 is 9.84 Å². The zero-order chi connectivity index (χ0) is 14.7. The van der Waals surface area contributed by atoms with Gasteiger partial charge in [0.25, 0.3) is 0 Å². The number of nitrogens with one attached hydrogen (secondary N) is 1. The van der Waals surface area contributed by atoms with E-state index in [4.69, 9.17) is 0 Å². The van der Waals surface area contributed by atoms with Crippen molar-refractivity contribution in [3.8, 4) is 0 Å². The summed E-state index contributed by atoms with van der Waals surface area (Å²) >= 11 is 0. The van der Waals surface area contributed by atoms with Gasteiger partial charge in [-0.2, -0.15) is 0 Å². The molecule has 6 heteroatoms. The molecule has 0 spiro atoms. The second kappa shape index (κ2) is 6.32. The molecule has 0 aromatic carbocycles. The summed E-state index contributed by atoms with van der Waals surface area (Å²) in [5.41, 5.74) is 1.23. The first-order chi connectivity index (χ1) is 10.1. The molecule has 3 rings (SSSR count). The lowest BCUT2D eigenvalue weighted by atomic mass is 10.0. The van der Waals surface area contributed by atoms with Crippen molar-refractivity contribution in [1.29, 1.82) is 0 Å². The van der Waals surface area contributed by atoms with Crippen molar-refractivity contribution in [2.45, 2.75) is 37.8 Å². The molecule has 0 bridgehead atoms. The highest BCUT2D eigenvalue weighted by atomic mass is 32.2. The SMILES string of the molecule is O=S1(=O)CCCC(NC2CCN(c3ccncc3)CC2)C1. The highest BCUT2D eigenvalue weighted by Gasteiger charge is 2.28. The van der Waals surface area contributed by atoms with Crippen molar-refractivity contribution in [3.63, 3.8) is 0 Å². The zero-order valence-electron chi connectivity index (χ0n) is 12.2. The van der Waals surface area contributed by atoms with Gasteiger partial charge < -0.3 is 10.2 Å². The highest BCUT2D eigenvalue weighted by Crippen LogP contribution is 2.20. The van der Waals surface area contributed by atoms with Gasteiger partial charge in [-0.15, -0.1) is 0 Å². The average Bonchev–Trinajstić information content (AvgIpc) is 2.48. The molecule has 0 saturated carbocycles. The summed E-state index contributed by atoms with van der Waals surface area (Å²) in [6.45, 7) is 2.03. The van der Waals surface area contributed by atoms with Gasteiger partial charge in [-0.1, -0.05) is 0 Å². The van der Waals surface area contributed by atoms with E-state index in [0.29, 0.717) is 17.5 Å². The number of hydrogen-bond acceptors (Lipinski definition) is 5. The quantitative estimate of drug-likeness (QED) is 0.909. The molecule has 0 radical (unpaired) electrons. The number of hydrogen-bond donors (Lipinski definition) is 1. The Balaban J connectivity index is 1.50. The lowest BCUT2D eigenvalue weighted by molar-refractivity contribution is 0.361. The molecular weight excluding hydrogens is 286 g/mol. The summed E-state index contributed by atoms with van der Waals surface area (Å²) in [5.74, 6) is 0.684. The van der Waals surface area contributed by atoms with Gasteiger partial charge in [0.15, 0.2) is 9.84 Å². The number of aromatic nitrogens is 1. The topological polar surface area (TPSA) is 62.3 Å². The molecular formula is C15H23N3O2S. The molecule has 1 unspecified atom stereocenters. The van der Waals surface area contributed by atoms with E-state index in [0.717, 1.165) is 38.8 Å². The van der Waals surface area contributed by atoms with E-state index in [1.807, 2.05) is 24.5 Å². The first kappa shape index (κ1) is 14.8. The molecule has 21 heavy (non-hydrogen) atoms. The Labute approximate surface area is 126 Å². The van der Waals surface area contributed by atoms with E-state index in [1.54, 1.807) is 0 Å². The maximum atomic E-state index is 11.7. The van der Waals surface area contributed by atoms with Gasteiger partial charge in [0.05, 0.1) is 11.5 Å². The maximum Gasteiger partial charge on any atom is 0.151 e. The lowest BCUT2D eigenvalue weighted by Crippen LogP contribution is -2.49. The molecule has 0 aliphatic carbocycles. The van der Waals surface area contributed by atoms with Crippen LogP contribution in [-0.2, 0) is 9.84 Å².